The zero-order valence-electron chi connectivity index (χ0n) is 22.2. The standard InChI is InChI=1S/C26H36ClN3O6S/c1-7-18(3)28-26(32)22(8-2)29(16-19-9-12-21(35-4)13-10-19)25(31)17-30(37(6,33)34)23-15-20(27)11-14-24(23)36-5/h9-15,18,22H,7-8,16-17H2,1-6H3,(H,28,32)/t18-,22-/m0/s1. The Bertz CT molecular complexity index is 1170. The van der Waals surface area contributed by atoms with Gasteiger partial charge in [-0.3, -0.25) is 13.9 Å². The van der Waals surface area contributed by atoms with E-state index >= 15 is 0 Å². The minimum Gasteiger partial charge on any atom is -0.497 e. The first-order valence-electron chi connectivity index (χ1n) is 12.0. The molecule has 9 nitrogen and oxygen atoms in total. The Labute approximate surface area is 224 Å². The predicted octanol–water partition coefficient (Wildman–Crippen LogP) is 3.85. The van der Waals surface area contributed by atoms with E-state index in [0.29, 0.717) is 12.2 Å². The summed E-state index contributed by atoms with van der Waals surface area (Å²) in [6, 6.07) is 10.7. The van der Waals surface area contributed by atoms with Crippen LogP contribution < -0.4 is 19.1 Å². The molecule has 2 amide bonds. The van der Waals surface area contributed by atoms with Gasteiger partial charge in [0, 0.05) is 17.6 Å². The molecule has 2 atom stereocenters. The Morgan fingerprint density at radius 1 is 1.03 bits per heavy atom. The highest BCUT2D eigenvalue weighted by atomic mass is 35.5. The number of nitrogens with zero attached hydrogens (tertiary/aromatic N) is 2. The van der Waals surface area contributed by atoms with Gasteiger partial charge in [-0.25, -0.2) is 8.42 Å². The molecule has 0 aliphatic carbocycles. The Hall–Kier alpha value is -2.98. The van der Waals surface area contributed by atoms with Crippen molar-refractivity contribution < 1.29 is 27.5 Å². The van der Waals surface area contributed by atoms with Crippen molar-refractivity contribution in [2.24, 2.45) is 0 Å². The van der Waals surface area contributed by atoms with Crippen LogP contribution in [0.5, 0.6) is 11.5 Å². The molecule has 2 rings (SSSR count). The van der Waals surface area contributed by atoms with Crippen molar-refractivity contribution >= 4 is 39.1 Å². The number of halogens is 1. The van der Waals surface area contributed by atoms with Crippen LogP contribution in [0.2, 0.25) is 5.02 Å². The lowest BCUT2D eigenvalue weighted by atomic mass is 10.1. The van der Waals surface area contributed by atoms with Gasteiger partial charge in [0.05, 0.1) is 26.2 Å². The number of anilines is 1. The summed E-state index contributed by atoms with van der Waals surface area (Å²) >= 11 is 6.14. The molecular weight excluding hydrogens is 518 g/mol. The van der Waals surface area contributed by atoms with Gasteiger partial charge >= 0.3 is 0 Å². The SMILES string of the molecule is CC[C@H](C)NC(=O)[C@H](CC)N(Cc1ccc(OC)cc1)C(=O)CN(c1cc(Cl)ccc1OC)S(C)(=O)=O. The maximum atomic E-state index is 13.8. The van der Waals surface area contributed by atoms with Crippen molar-refractivity contribution in [2.75, 3.05) is 31.3 Å². The van der Waals surface area contributed by atoms with Crippen LogP contribution in [-0.4, -0.2) is 64.2 Å². The van der Waals surface area contributed by atoms with Gasteiger partial charge < -0.3 is 19.7 Å². The summed E-state index contributed by atoms with van der Waals surface area (Å²) in [5.41, 5.74) is 0.891. The van der Waals surface area contributed by atoms with Gasteiger partial charge in [-0.15, -0.1) is 0 Å². The van der Waals surface area contributed by atoms with Gasteiger partial charge in [0.15, 0.2) is 0 Å². The molecule has 0 fully saturated rings. The summed E-state index contributed by atoms with van der Waals surface area (Å²) in [7, 11) is -0.967. The fraction of sp³-hybridized carbons (Fsp3) is 0.462. The summed E-state index contributed by atoms with van der Waals surface area (Å²) in [5, 5.41) is 3.22. The molecule has 37 heavy (non-hydrogen) atoms. The first-order chi connectivity index (χ1) is 17.4. The lowest BCUT2D eigenvalue weighted by Gasteiger charge is -2.33. The Kier molecular flexibility index (Phi) is 11.1. The number of amides is 2. The number of ether oxygens (including phenoxy) is 2. The van der Waals surface area contributed by atoms with Crippen molar-refractivity contribution in [3.63, 3.8) is 0 Å². The molecule has 2 aromatic carbocycles. The van der Waals surface area contributed by atoms with E-state index in [9.17, 15) is 18.0 Å². The number of sulfonamides is 1. The number of rotatable bonds is 13. The summed E-state index contributed by atoms with van der Waals surface area (Å²) in [6.45, 7) is 5.20. The van der Waals surface area contributed by atoms with Gasteiger partial charge in [0.2, 0.25) is 21.8 Å². The van der Waals surface area contributed by atoms with Crippen LogP contribution in [0.15, 0.2) is 42.5 Å². The molecule has 1 N–H and O–H groups in total. The van der Waals surface area contributed by atoms with E-state index in [1.54, 1.807) is 37.4 Å². The molecule has 2 aromatic rings. The number of benzene rings is 2. The van der Waals surface area contributed by atoms with E-state index in [1.807, 2.05) is 20.8 Å². The molecule has 0 bridgehead atoms. The first-order valence-corrected chi connectivity index (χ1v) is 14.2. The quantitative estimate of drug-likeness (QED) is 0.404. The van der Waals surface area contributed by atoms with Gasteiger partial charge in [-0.2, -0.15) is 0 Å². The third kappa shape index (κ3) is 8.26. The molecule has 0 aliphatic rings. The van der Waals surface area contributed by atoms with Crippen LogP contribution in [0.1, 0.15) is 39.2 Å². The van der Waals surface area contributed by atoms with E-state index in [4.69, 9.17) is 21.1 Å². The van der Waals surface area contributed by atoms with Crippen molar-refractivity contribution in [3.05, 3.63) is 53.1 Å². The summed E-state index contributed by atoms with van der Waals surface area (Å²) < 4.78 is 37.1. The van der Waals surface area contributed by atoms with Crippen LogP contribution in [0, 0.1) is 0 Å². The average molecular weight is 554 g/mol. The van der Waals surface area contributed by atoms with Gasteiger partial charge in [0.1, 0.15) is 24.1 Å². The smallest absolute Gasteiger partial charge is 0.244 e. The minimum atomic E-state index is -3.92. The summed E-state index contributed by atoms with van der Waals surface area (Å²) in [5.74, 6) is 0.0461. The lowest BCUT2D eigenvalue weighted by Crippen LogP contribution is -2.53. The van der Waals surface area contributed by atoms with Crippen molar-refractivity contribution in [2.45, 2.75) is 52.2 Å². The van der Waals surface area contributed by atoms with Crippen molar-refractivity contribution in [1.82, 2.24) is 10.2 Å². The zero-order chi connectivity index (χ0) is 27.8. The second-order valence-electron chi connectivity index (χ2n) is 8.70. The minimum absolute atomic E-state index is 0.0808. The van der Waals surface area contributed by atoms with Crippen molar-refractivity contribution in [3.8, 4) is 11.5 Å². The average Bonchev–Trinajstić information content (AvgIpc) is 2.86. The normalized spacial score (nSPS) is 12.8. The summed E-state index contributed by atoms with van der Waals surface area (Å²) in [4.78, 5) is 28.4. The van der Waals surface area contributed by atoms with E-state index in [2.05, 4.69) is 5.32 Å². The van der Waals surface area contributed by atoms with E-state index in [-0.39, 0.29) is 35.0 Å². The molecular formula is C26H36ClN3O6S. The second kappa shape index (κ2) is 13.5. The molecule has 204 valence electrons. The van der Waals surface area contributed by atoms with Gasteiger partial charge in [0.25, 0.3) is 0 Å². The highest BCUT2D eigenvalue weighted by Crippen LogP contribution is 2.33. The molecule has 0 spiro atoms. The zero-order valence-corrected chi connectivity index (χ0v) is 23.7. The number of methoxy groups -OCH3 is 2. The van der Waals surface area contributed by atoms with E-state index in [1.165, 1.54) is 24.1 Å². The fourth-order valence-corrected chi connectivity index (χ4v) is 4.75. The highest BCUT2D eigenvalue weighted by Gasteiger charge is 2.33. The molecule has 0 radical (unpaired) electrons. The Morgan fingerprint density at radius 3 is 2.19 bits per heavy atom. The molecule has 0 heterocycles. The third-order valence-electron chi connectivity index (χ3n) is 5.99. The number of hydrogen-bond acceptors (Lipinski definition) is 6. The lowest BCUT2D eigenvalue weighted by molar-refractivity contribution is -0.140. The van der Waals surface area contributed by atoms with Gasteiger partial charge in [-0.1, -0.05) is 37.6 Å². The third-order valence-corrected chi connectivity index (χ3v) is 7.35. The number of hydrogen-bond donors (Lipinski definition) is 1. The van der Waals surface area contributed by atoms with Crippen LogP contribution in [0.3, 0.4) is 0 Å². The fourth-order valence-electron chi connectivity index (χ4n) is 3.74. The van der Waals surface area contributed by atoms with Crippen molar-refractivity contribution in [1.29, 1.82) is 0 Å². The van der Waals surface area contributed by atoms with E-state index in [0.717, 1.165) is 22.5 Å². The largest absolute Gasteiger partial charge is 0.497 e. The predicted molar refractivity (Wildman–Crippen MR) is 146 cm³/mol. The number of nitrogens with one attached hydrogen (secondary N) is 1. The first kappa shape index (κ1) is 30.2. The van der Waals surface area contributed by atoms with Gasteiger partial charge in [-0.05, 0) is 55.7 Å². The topological polar surface area (TPSA) is 105 Å². The summed E-state index contributed by atoms with van der Waals surface area (Å²) in [6.07, 6.45) is 2.07. The molecule has 0 aromatic heterocycles. The van der Waals surface area contributed by atoms with Crippen LogP contribution in [0.25, 0.3) is 0 Å². The Balaban J connectivity index is 2.50. The number of carbonyl (C=O) groups is 2. The molecule has 11 heteroatoms. The monoisotopic (exact) mass is 553 g/mol. The highest BCUT2D eigenvalue weighted by molar-refractivity contribution is 7.92. The number of carbonyl (C=O) groups excluding carboxylic acids is 2. The molecule has 0 saturated carbocycles. The van der Waals surface area contributed by atoms with Crippen LogP contribution in [-0.2, 0) is 26.2 Å². The molecule has 0 aliphatic heterocycles. The molecule has 0 unspecified atom stereocenters. The maximum Gasteiger partial charge on any atom is 0.244 e. The maximum absolute atomic E-state index is 13.8. The molecule has 0 saturated heterocycles. The second-order valence-corrected chi connectivity index (χ2v) is 11.0. The Morgan fingerprint density at radius 2 is 1.68 bits per heavy atom. The van der Waals surface area contributed by atoms with Crippen LogP contribution >= 0.6 is 11.6 Å². The van der Waals surface area contributed by atoms with E-state index < -0.39 is 28.5 Å². The van der Waals surface area contributed by atoms with Crippen LogP contribution in [0.4, 0.5) is 5.69 Å².